The average molecular weight is 446 g/mol. The van der Waals surface area contributed by atoms with Crippen molar-refractivity contribution in [2.75, 3.05) is 38.3 Å². The van der Waals surface area contributed by atoms with Crippen LogP contribution in [0.15, 0.2) is 40.6 Å². The van der Waals surface area contributed by atoms with E-state index in [4.69, 9.17) is 0 Å². The highest BCUT2D eigenvalue weighted by Crippen LogP contribution is 2.33. The molecule has 0 N–H and O–H groups in total. The number of aromatic nitrogens is 1. The van der Waals surface area contributed by atoms with Crippen LogP contribution in [-0.2, 0) is 9.84 Å². The van der Waals surface area contributed by atoms with Gasteiger partial charge in [0, 0.05) is 19.3 Å². The van der Waals surface area contributed by atoms with E-state index in [1.807, 2.05) is 36.5 Å². The van der Waals surface area contributed by atoms with Crippen LogP contribution in [0.1, 0.15) is 9.67 Å². The van der Waals surface area contributed by atoms with Gasteiger partial charge in [0.25, 0.3) is 5.91 Å². The zero-order valence-electron chi connectivity index (χ0n) is 15.1. The van der Waals surface area contributed by atoms with Crippen LogP contribution in [0.5, 0.6) is 0 Å². The molecule has 10 heteroatoms. The van der Waals surface area contributed by atoms with Gasteiger partial charge in [0.05, 0.1) is 14.5 Å². The maximum absolute atomic E-state index is 12.9. The van der Waals surface area contributed by atoms with Crippen molar-refractivity contribution in [1.82, 2.24) is 9.88 Å². The molecule has 0 fully saturated rings. The highest BCUT2D eigenvalue weighted by Gasteiger charge is 2.24. The largest absolute Gasteiger partial charge is 0.308 e. The number of sulfone groups is 1. The fourth-order valence-electron chi connectivity index (χ4n) is 2.44. The van der Waals surface area contributed by atoms with E-state index in [1.54, 1.807) is 23.1 Å². The zero-order valence-corrected chi connectivity index (χ0v) is 18.3. The lowest BCUT2D eigenvalue weighted by atomic mass is 10.3. The molecule has 0 atom stereocenters. The minimum atomic E-state index is -3.40. The third-order valence-electron chi connectivity index (χ3n) is 3.75. The molecule has 27 heavy (non-hydrogen) atoms. The summed E-state index contributed by atoms with van der Waals surface area (Å²) in [5.41, 5.74) is 0.420. The van der Waals surface area contributed by atoms with Gasteiger partial charge in [-0.1, -0.05) is 23.5 Å². The fourth-order valence-corrected chi connectivity index (χ4v) is 5.03. The Labute approximate surface area is 172 Å². The molecule has 6 nitrogen and oxygen atoms in total. The van der Waals surface area contributed by atoms with Gasteiger partial charge in [-0.05, 0) is 37.7 Å². The molecule has 1 amide bonds. The van der Waals surface area contributed by atoms with Gasteiger partial charge in [0.1, 0.15) is 5.52 Å². The number of anilines is 1. The van der Waals surface area contributed by atoms with Crippen molar-refractivity contribution >= 4 is 66.2 Å². The van der Waals surface area contributed by atoms with E-state index in [1.165, 1.54) is 28.9 Å². The Balaban J connectivity index is 0.00000261. The molecule has 0 aliphatic heterocycles. The lowest BCUT2D eigenvalue weighted by molar-refractivity contribution is 0.0989. The predicted molar refractivity (Wildman–Crippen MR) is 115 cm³/mol. The molecule has 2 aromatic heterocycles. The minimum Gasteiger partial charge on any atom is -0.308 e. The molecule has 0 saturated heterocycles. The summed E-state index contributed by atoms with van der Waals surface area (Å²) in [4.78, 5) is 21.9. The van der Waals surface area contributed by atoms with Crippen molar-refractivity contribution in [2.24, 2.45) is 0 Å². The van der Waals surface area contributed by atoms with E-state index in [2.05, 4.69) is 4.98 Å². The van der Waals surface area contributed by atoms with E-state index in [0.29, 0.717) is 28.6 Å². The fraction of sp³-hybridized carbons (Fsp3) is 0.294. The molecule has 0 radical (unpaired) electrons. The number of fused-ring (bicyclic) bond motifs is 1. The van der Waals surface area contributed by atoms with Crippen LogP contribution in [0, 0.1) is 0 Å². The smallest absolute Gasteiger partial charge is 0.270 e. The second-order valence-corrected chi connectivity index (χ2v) is 10.0. The summed E-state index contributed by atoms with van der Waals surface area (Å²) in [5, 5.41) is 2.37. The molecule has 0 bridgehead atoms. The van der Waals surface area contributed by atoms with Crippen LogP contribution in [0.2, 0.25) is 0 Å². The third kappa shape index (κ3) is 4.85. The number of halogens is 1. The van der Waals surface area contributed by atoms with Crippen LogP contribution in [0.3, 0.4) is 0 Å². The van der Waals surface area contributed by atoms with E-state index in [9.17, 15) is 13.2 Å². The first-order chi connectivity index (χ1) is 12.3. The molecule has 3 aromatic rings. The molecule has 0 spiro atoms. The van der Waals surface area contributed by atoms with E-state index in [0.717, 1.165) is 4.70 Å². The van der Waals surface area contributed by atoms with Crippen LogP contribution in [0.25, 0.3) is 10.2 Å². The lowest BCUT2D eigenvalue weighted by Crippen LogP contribution is -2.36. The highest BCUT2D eigenvalue weighted by molar-refractivity contribution is 7.91. The number of benzene rings is 1. The molecule has 3 rings (SSSR count). The Kier molecular flexibility index (Phi) is 6.98. The van der Waals surface area contributed by atoms with Gasteiger partial charge in [0.2, 0.25) is 0 Å². The number of thiophene rings is 1. The number of nitrogens with zero attached hydrogens (tertiary/aromatic N) is 3. The molecule has 0 aliphatic carbocycles. The van der Waals surface area contributed by atoms with E-state index >= 15 is 0 Å². The molecular weight excluding hydrogens is 426 g/mol. The number of para-hydroxylation sites is 1. The second kappa shape index (κ2) is 8.66. The summed E-state index contributed by atoms with van der Waals surface area (Å²) in [7, 11) is 0.480. The number of likely N-dealkylation sites (N-methyl/N-ethyl adjacent to an activating group) is 1. The van der Waals surface area contributed by atoms with Gasteiger partial charge >= 0.3 is 0 Å². The Morgan fingerprint density at radius 3 is 2.48 bits per heavy atom. The van der Waals surface area contributed by atoms with Crippen LogP contribution in [-0.4, -0.2) is 57.6 Å². The van der Waals surface area contributed by atoms with E-state index < -0.39 is 9.84 Å². The Bertz CT molecular complexity index is 1030. The first-order valence-electron chi connectivity index (χ1n) is 7.87. The molecular formula is C17H20ClN3O3S3. The van der Waals surface area contributed by atoms with Crippen molar-refractivity contribution in [3.05, 3.63) is 40.6 Å². The number of hydrogen-bond donors (Lipinski definition) is 0. The van der Waals surface area contributed by atoms with Gasteiger partial charge in [0.15, 0.2) is 15.0 Å². The molecule has 0 saturated carbocycles. The first kappa shape index (κ1) is 21.8. The Morgan fingerprint density at radius 1 is 1.15 bits per heavy atom. The number of carbonyl (C=O) groups is 1. The molecule has 2 heterocycles. The summed E-state index contributed by atoms with van der Waals surface area (Å²) < 4.78 is 24.8. The molecule has 146 valence electrons. The summed E-state index contributed by atoms with van der Waals surface area (Å²) >= 11 is 2.71. The number of carbonyl (C=O) groups excluding carboxylic acids is 1. The van der Waals surface area contributed by atoms with Crippen molar-refractivity contribution in [2.45, 2.75) is 4.90 Å². The van der Waals surface area contributed by atoms with Gasteiger partial charge in [-0.3, -0.25) is 9.69 Å². The number of hydrogen-bond acceptors (Lipinski definition) is 7. The van der Waals surface area contributed by atoms with Gasteiger partial charge in [-0.2, -0.15) is 0 Å². The number of rotatable bonds is 6. The number of thiazole rings is 1. The standard InChI is InChI=1S/C17H19N3O3S3.ClH/c1-19(2)9-10-20(16(21)13-7-5-11-24-13)17-18-15-12(25-17)6-4-8-14(15)26(3,22)23;/h4-8,11H,9-10H2,1-3H3;1H. The summed E-state index contributed by atoms with van der Waals surface area (Å²) in [5.74, 6) is -0.123. The van der Waals surface area contributed by atoms with Crippen molar-refractivity contribution < 1.29 is 13.2 Å². The van der Waals surface area contributed by atoms with Crippen LogP contribution in [0.4, 0.5) is 5.13 Å². The van der Waals surface area contributed by atoms with Crippen molar-refractivity contribution in [3.63, 3.8) is 0 Å². The normalized spacial score (nSPS) is 11.6. The SMILES string of the molecule is CN(C)CCN(C(=O)c1cccs1)c1nc2c(S(C)(=O)=O)cccc2s1.Cl. The monoisotopic (exact) mass is 445 g/mol. The zero-order chi connectivity index (χ0) is 18.9. The molecule has 0 unspecified atom stereocenters. The lowest BCUT2D eigenvalue weighted by Gasteiger charge is -2.21. The maximum atomic E-state index is 12.9. The molecule has 0 aliphatic rings. The highest BCUT2D eigenvalue weighted by atomic mass is 35.5. The maximum Gasteiger partial charge on any atom is 0.270 e. The second-order valence-electron chi connectivity index (χ2n) is 6.11. The van der Waals surface area contributed by atoms with Crippen molar-refractivity contribution in [3.8, 4) is 0 Å². The van der Waals surface area contributed by atoms with Crippen molar-refractivity contribution in [1.29, 1.82) is 0 Å². The van der Waals surface area contributed by atoms with Crippen LogP contribution >= 0.6 is 35.1 Å². The van der Waals surface area contributed by atoms with Gasteiger partial charge in [-0.25, -0.2) is 13.4 Å². The topological polar surface area (TPSA) is 70.6 Å². The molecule has 1 aromatic carbocycles. The average Bonchev–Trinajstić information content (AvgIpc) is 3.22. The first-order valence-corrected chi connectivity index (χ1v) is 11.5. The van der Waals surface area contributed by atoms with E-state index in [-0.39, 0.29) is 23.2 Å². The Hall–Kier alpha value is -1.52. The summed E-state index contributed by atoms with van der Waals surface area (Å²) in [6.07, 6.45) is 1.17. The number of amides is 1. The third-order valence-corrected chi connectivity index (χ3v) is 6.78. The van der Waals surface area contributed by atoms with Crippen LogP contribution < -0.4 is 4.90 Å². The predicted octanol–water partition coefficient (Wildman–Crippen LogP) is 3.39. The minimum absolute atomic E-state index is 0. The summed E-state index contributed by atoms with van der Waals surface area (Å²) in [6, 6.07) is 8.69. The van der Waals surface area contributed by atoms with Gasteiger partial charge in [-0.15, -0.1) is 23.7 Å². The van der Waals surface area contributed by atoms with Gasteiger partial charge < -0.3 is 4.90 Å². The Morgan fingerprint density at radius 2 is 1.89 bits per heavy atom. The quantitative estimate of drug-likeness (QED) is 0.581. The summed E-state index contributed by atoms with van der Waals surface area (Å²) in [6.45, 7) is 1.14.